The van der Waals surface area contributed by atoms with E-state index in [0.717, 1.165) is 0 Å². The Labute approximate surface area is 118 Å². The van der Waals surface area contributed by atoms with E-state index in [1.807, 2.05) is 0 Å². The average Bonchev–Trinajstić information content (AvgIpc) is 2.84. The van der Waals surface area contributed by atoms with E-state index < -0.39 is 0 Å². The van der Waals surface area contributed by atoms with Crippen LogP contribution in [0.25, 0.3) is 6.08 Å². The van der Waals surface area contributed by atoms with Crippen molar-refractivity contribution in [3.8, 4) is 0 Å². The SMILES string of the molecule is O=C(C=Cc1cccc(Cl)c1Cl)Nc1nccs1. The van der Waals surface area contributed by atoms with Crippen LogP contribution in [0, 0.1) is 0 Å². The zero-order valence-corrected chi connectivity index (χ0v) is 11.4. The van der Waals surface area contributed by atoms with Crippen molar-refractivity contribution in [2.24, 2.45) is 0 Å². The molecule has 2 aromatic rings. The summed E-state index contributed by atoms with van der Waals surface area (Å²) in [6, 6.07) is 5.24. The highest BCUT2D eigenvalue weighted by molar-refractivity contribution is 7.13. The molecule has 0 bridgehead atoms. The highest BCUT2D eigenvalue weighted by Crippen LogP contribution is 2.26. The molecular formula is C12H8Cl2N2OS. The quantitative estimate of drug-likeness (QED) is 0.867. The van der Waals surface area contributed by atoms with Crippen LogP contribution in [0.2, 0.25) is 10.0 Å². The van der Waals surface area contributed by atoms with Gasteiger partial charge < -0.3 is 0 Å². The first-order valence-electron chi connectivity index (χ1n) is 4.99. The van der Waals surface area contributed by atoms with Crippen molar-refractivity contribution in [1.82, 2.24) is 4.98 Å². The van der Waals surface area contributed by atoms with E-state index >= 15 is 0 Å². The van der Waals surface area contributed by atoms with E-state index in [4.69, 9.17) is 23.2 Å². The second-order valence-electron chi connectivity index (χ2n) is 3.30. The number of thiazole rings is 1. The van der Waals surface area contributed by atoms with Crippen molar-refractivity contribution in [1.29, 1.82) is 0 Å². The Morgan fingerprint density at radius 2 is 2.22 bits per heavy atom. The third-order valence-electron chi connectivity index (χ3n) is 2.06. The van der Waals surface area contributed by atoms with E-state index in [1.54, 1.807) is 35.9 Å². The first-order valence-corrected chi connectivity index (χ1v) is 6.63. The number of amides is 1. The summed E-state index contributed by atoms with van der Waals surface area (Å²) in [5, 5.41) is 5.86. The number of hydrogen-bond donors (Lipinski definition) is 1. The standard InChI is InChI=1S/C12H8Cl2N2OS/c13-9-3-1-2-8(11(9)14)4-5-10(17)16-12-15-6-7-18-12/h1-7H,(H,15,16,17). The summed E-state index contributed by atoms with van der Waals surface area (Å²) in [7, 11) is 0. The van der Waals surface area contributed by atoms with Crippen LogP contribution in [-0.4, -0.2) is 10.9 Å². The Kier molecular flexibility index (Phi) is 4.36. The summed E-state index contributed by atoms with van der Waals surface area (Å²) in [6.45, 7) is 0. The first kappa shape index (κ1) is 13.1. The summed E-state index contributed by atoms with van der Waals surface area (Å²) in [5.41, 5.74) is 0.693. The number of hydrogen-bond acceptors (Lipinski definition) is 3. The van der Waals surface area contributed by atoms with Gasteiger partial charge in [0.15, 0.2) is 5.13 Å². The highest BCUT2D eigenvalue weighted by Gasteiger charge is 2.03. The topological polar surface area (TPSA) is 42.0 Å². The Balaban J connectivity index is 2.06. The fourth-order valence-electron chi connectivity index (χ4n) is 1.25. The molecule has 0 aliphatic rings. The fraction of sp³-hybridized carbons (Fsp3) is 0. The molecule has 0 saturated carbocycles. The smallest absolute Gasteiger partial charge is 0.250 e. The summed E-state index contributed by atoms with van der Waals surface area (Å²) in [5.74, 6) is -0.263. The summed E-state index contributed by atoms with van der Waals surface area (Å²) in [4.78, 5) is 15.5. The highest BCUT2D eigenvalue weighted by atomic mass is 35.5. The van der Waals surface area contributed by atoms with Crippen LogP contribution < -0.4 is 5.32 Å². The van der Waals surface area contributed by atoms with E-state index in [-0.39, 0.29) is 5.91 Å². The molecule has 0 atom stereocenters. The van der Waals surface area contributed by atoms with Gasteiger partial charge in [-0.05, 0) is 17.7 Å². The van der Waals surface area contributed by atoms with Gasteiger partial charge in [0.1, 0.15) is 0 Å². The van der Waals surface area contributed by atoms with Gasteiger partial charge >= 0.3 is 0 Å². The van der Waals surface area contributed by atoms with Crippen molar-refractivity contribution in [3.05, 3.63) is 51.5 Å². The van der Waals surface area contributed by atoms with Gasteiger partial charge in [0.2, 0.25) is 5.91 Å². The predicted molar refractivity (Wildman–Crippen MR) is 76.2 cm³/mol. The monoisotopic (exact) mass is 298 g/mol. The lowest BCUT2D eigenvalue weighted by atomic mass is 10.2. The van der Waals surface area contributed by atoms with Crippen molar-refractivity contribution in [3.63, 3.8) is 0 Å². The number of carbonyl (C=O) groups excluding carboxylic acids is 1. The van der Waals surface area contributed by atoms with Crippen LogP contribution in [0.1, 0.15) is 5.56 Å². The third-order valence-corrected chi connectivity index (χ3v) is 3.58. The van der Waals surface area contributed by atoms with Crippen molar-refractivity contribution < 1.29 is 4.79 Å². The van der Waals surface area contributed by atoms with Gasteiger partial charge in [-0.2, -0.15) is 0 Å². The van der Waals surface area contributed by atoms with E-state index in [9.17, 15) is 4.79 Å². The van der Waals surface area contributed by atoms with Gasteiger partial charge in [-0.1, -0.05) is 35.3 Å². The Morgan fingerprint density at radius 3 is 2.94 bits per heavy atom. The minimum atomic E-state index is -0.263. The molecule has 6 heteroatoms. The van der Waals surface area contributed by atoms with Gasteiger partial charge in [-0.3, -0.25) is 10.1 Å². The lowest BCUT2D eigenvalue weighted by Crippen LogP contribution is -2.07. The van der Waals surface area contributed by atoms with Crippen LogP contribution in [0.4, 0.5) is 5.13 Å². The Morgan fingerprint density at radius 1 is 1.39 bits per heavy atom. The van der Waals surface area contributed by atoms with Gasteiger partial charge in [0.05, 0.1) is 10.0 Å². The summed E-state index contributed by atoms with van der Waals surface area (Å²) < 4.78 is 0. The van der Waals surface area contributed by atoms with Crippen LogP contribution in [0.15, 0.2) is 35.9 Å². The maximum Gasteiger partial charge on any atom is 0.250 e. The molecule has 0 aliphatic carbocycles. The number of anilines is 1. The molecule has 0 saturated heterocycles. The molecule has 0 spiro atoms. The number of carbonyl (C=O) groups is 1. The second kappa shape index (κ2) is 6.00. The number of nitrogens with zero attached hydrogens (tertiary/aromatic N) is 1. The Bertz CT molecular complexity index is 582. The predicted octanol–water partition coefficient (Wildman–Crippen LogP) is 4.10. The molecule has 0 fully saturated rings. The Hall–Kier alpha value is -1.36. The molecule has 2 rings (SSSR count). The van der Waals surface area contributed by atoms with E-state index in [2.05, 4.69) is 10.3 Å². The molecule has 0 unspecified atom stereocenters. The first-order chi connectivity index (χ1) is 8.66. The van der Waals surface area contributed by atoms with Crippen molar-refractivity contribution in [2.45, 2.75) is 0 Å². The fourth-order valence-corrected chi connectivity index (χ4v) is 2.15. The minimum Gasteiger partial charge on any atom is -0.298 e. The summed E-state index contributed by atoms with van der Waals surface area (Å²) >= 11 is 13.2. The number of rotatable bonds is 3. The minimum absolute atomic E-state index is 0.263. The zero-order chi connectivity index (χ0) is 13.0. The molecule has 1 aromatic carbocycles. The normalized spacial score (nSPS) is 10.8. The lowest BCUT2D eigenvalue weighted by molar-refractivity contribution is -0.111. The molecule has 0 radical (unpaired) electrons. The molecule has 3 nitrogen and oxygen atoms in total. The second-order valence-corrected chi connectivity index (χ2v) is 4.98. The molecule has 92 valence electrons. The van der Waals surface area contributed by atoms with Gasteiger partial charge in [-0.15, -0.1) is 11.3 Å². The lowest BCUT2D eigenvalue weighted by Gasteiger charge is -2.00. The van der Waals surface area contributed by atoms with E-state index in [1.165, 1.54) is 17.4 Å². The maximum atomic E-state index is 11.6. The van der Waals surface area contributed by atoms with E-state index in [0.29, 0.717) is 20.7 Å². The number of benzene rings is 1. The van der Waals surface area contributed by atoms with Crippen LogP contribution in [0.3, 0.4) is 0 Å². The largest absolute Gasteiger partial charge is 0.298 e. The molecule has 1 heterocycles. The van der Waals surface area contributed by atoms with Crippen molar-refractivity contribution in [2.75, 3.05) is 5.32 Å². The number of aromatic nitrogens is 1. The molecule has 1 aromatic heterocycles. The molecular weight excluding hydrogens is 291 g/mol. The van der Waals surface area contributed by atoms with Crippen molar-refractivity contribution >= 4 is 51.7 Å². The van der Waals surface area contributed by atoms with Crippen LogP contribution in [0.5, 0.6) is 0 Å². The van der Waals surface area contributed by atoms with Crippen LogP contribution >= 0.6 is 34.5 Å². The number of halogens is 2. The van der Waals surface area contributed by atoms with Gasteiger partial charge in [0, 0.05) is 17.7 Å². The molecule has 1 N–H and O–H groups in total. The van der Waals surface area contributed by atoms with Crippen LogP contribution in [-0.2, 0) is 4.79 Å². The third kappa shape index (κ3) is 3.32. The van der Waals surface area contributed by atoms with Gasteiger partial charge in [-0.25, -0.2) is 4.98 Å². The zero-order valence-electron chi connectivity index (χ0n) is 9.06. The maximum absolute atomic E-state index is 11.6. The molecule has 1 amide bonds. The average molecular weight is 299 g/mol. The number of nitrogens with one attached hydrogen (secondary N) is 1. The van der Waals surface area contributed by atoms with Gasteiger partial charge in [0.25, 0.3) is 0 Å². The molecule has 18 heavy (non-hydrogen) atoms. The summed E-state index contributed by atoms with van der Waals surface area (Å²) in [6.07, 6.45) is 4.62. The molecule has 0 aliphatic heterocycles.